The molecule has 4 unspecified atom stereocenters. The molecule has 1 heterocycles. The van der Waals surface area contributed by atoms with E-state index in [9.17, 15) is 55.2 Å². The zero-order valence-corrected chi connectivity index (χ0v) is 17.2. The Hall–Kier alpha value is -3.75. The molecule has 34 heavy (non-hydrogen) atoms. The summed E-state index contributed by atoms with van der Waals surface area (Å²) in [6.45, 7) is 0.341. The monoisotopic (exact) mass is 478 g/mol. The number of carboxylic acid groups (broad SMARTS) is 1. The van der Waals surface area contributed by atoms with Crippen molar-refractivity contribution in [2.75, 3.05) is 6.61 Å². The number of hydrogen-bond donors (Lipinski definition) is 8. The first-order valence-electron chi connectivity index (χ1n) is 9.70. The fraction of sp³-hybridized carbons (Fsp3) is 0.286. The molecular formula is C21H18O13. The number of aromatic hydroxyl groups is 4. The van der Waals surface area contributed by atoms with Crippen LogP contribution in [0.4, 0.5) is 0 Å². The van der Waals surface area contributed by atoms with Crippen LogP contribution in [0.3, 0.4) is 0 Å². The van der Waals surface area contributed by atoms with Gasteiger partial charge < -0.3 is 50.3 Å². The Morgan fingerprint density at radius 2 is 1.56 bits per heavy atom. The maximum absolute atomic E-state index is 13.3. The maximum Gasteiger partial charge on any atom is 0.339 e. The topological polar surface area (TPSA) is 232 Å². The van der Waals surface area contributed by atoms with Crippen molar-refractivity contribution in [2.24, 2.45) is 0 Å². The maximum atomic E-state index is 13.3. The third kappa shape index (κ3) is 3.10. The van der Waals surface area contributed by atoms with Gasteiger partial charge in [0.25, 0.3) is 0 Å². The van der Waals surface area contributed by atoms with Gasteiger partial charge in [-0.15, -0.1) is 0 Å². The highest BCUT2D eigenvalue weighted by Crippen LogP contribution is 2.51. The highest BCUT2D eigenvalue weighted by molar-refractivity contribution is 6.31. The largest absolute Gasteiger partial charge is 0.507 e. The molecule has 8 N–H and O–H groups in total. The molecular weight excluding hydrogens is 460 g/mol. The van der Waals surface area contributed by atoms with Crippen molar-refractivity contribution in [2.45, 2.75) is 31.7 Å². The molecule has 4 rings (SSSR count). The molecule has 2 aromatic carbocycles. The first kappa shape index (κ1) is 23.4. The molecule has 1 aliphatic heterocycles. The van der Waals surface area contributed by atoms with Crippen LogP contribution in [-0.4, -0.2) is 83.7 Å². The van der Waals surface area contributed by atoms with Crippen LogP contribution < -0.4 is 0 Å². The van der Waals surface area contributed by atoms with Crippen LogP contribution in [0.1, 0.15) is 59.4 Å². The Morgan fingerprint density at radius 1 is 0.941 bits per heavy atom. The second-order valence-electron chi connectivity index (χ2n) is 7.68. The predicted molar refractivity (Wildman–Crippen MR) is 106 cm³/mol. The predicted octanol–water partition coefficient (Wildman–Crippen LogP) is -0.623. The lowest BCUT2D eigenvalue weighted by molar-refractivity contribution is -0.342. The summed E-state index contributed by atoms with van der Waals surface area (Å²) < 4.78 is 9.99. The summed E-state index contributed by atoms with van der Waals surface area (Å²) in [5.74, 6) is -8.10. The number of carboxylic acids is 1. The lowest BCUT2D eigenvalue weighted by atomic mass is 9.78. The number of ether oxygens (including phenoxy) is 2. The number of benzene rings is 2. The van der Waals surface area contributed by atoms with Gasteiger partial charge >= 0.3 is 5.97 Å². The molecule has 2 aromatic rings. The molecule has 0 aromatic heterocycles. The van der Waals surface area contributed by atoms with Gasteiger partial charge in [-0.05, 0) is 18.6 Å². The summed E-state index contributed by atoms with van der Waals surface area (Å²) in [6, 6.07) is 0.726. The lowest BCUT2D eigenvalue weighted by Crippen LogP contribution is -2.46. The van der Waals surface area contributed by atoms with Crippen LogP contribution in [0.25, 0.3) is 0 Å². The smallest absolute Gasteiger partial charge is 0.339 e. The number of carbonyl (C=O) groups excluding carboxylic acids is 2. The molecule has 0 amide bonds. The van der Waals surface area contributed by atoms with E-state index in [1.807, 2.05) is 0 Å². The van der Waals surface area contributed by atoms with E-state index in [0.29, 0.717) is 0 Å². The Morgan fingerprint density at radius 3 is 2.15 bits per heavy atom. The summed E-state index contributed by atoms with van der Waals surface area (Å²) in [4.78, 5) is 38.0. The summed E-state index contributed by atoms with van der Waals surface area (Å²) >= 11 is 0. The van der Waals surface area contributed by atoms with Gasteiger partial charge in [-0.25, -0.2) is 4.79 Å². The minimum atomic E-state index is -1.98. The van der Waals surface area contributed by atoms with Crippen LogP contribution in [0.5, 0.6) is 23.0 Å². The van der Waals surface area contributed by atoms with Gasteiger partial charge in [-0.3, -0.25) is 9.59 Å². The number of phenolic OH excluding ortho intramolecular Hbond substituents is 3. The fourth-order valence-corrected chi connectivity index (χ4v) is 4.23. The van der Waals surface area contributed by atoms with Crippen LogP contribution >= 0.6 is 0 Å². The van der Waals surface area contributed by atoms with Gasteiger partial charge in [0.05, 0.1) is 23.3 Å². The molecule has 0 bridgehead atoms. The van der Waals surface area contributed by atoms with Gasteiger partial charge in [0, 0.05) is 11.1 Å². The van der Waals surface area contributed by atoms with Crippen molar-refractivity contribution >= 4 is 17.5 Å². The van der Waals surface area contributed by atoms with Crippen molar-refractivity contribution in [1.82, 2.24) is 0 Å². The van der Waals surface area contributed by atoms with Crippen molar-refractivity contribution in [3.63, 3.8) is 0 Å². The third-order valence-electron chi connectivity index (χ3n) is 5.78. The van der Waals surface area contributed by atoms with E-state index in [-0.39, 0.29) is 5.56 Å². The number of hydrogen-bond acceptors (Lipinski definition) is 12. The summed E-state index contributed by atoms with van der Waals surface area (Å²) in [5.41, 5.74) is -4.35. The number of ketones is 2. The molecule has 1 aliphatic carbocycles. The quantitative estimate of drug-likeness (QED) is 0.173. The van der Waals surface area contributed by atoms with Crippen LogP contribution in [0.15, 0.2) is 6.07 Å². The second kappa shape index (κ2) is 7.93. The Labute approximate surface area is 189 Å². The van der Waals surface area contributed by atoms with Gasteiger partial charge in [-0.1, -0.05) is 0 Å². The molecule has 4 atom stereocenters. The molecule has 0 spiro atoms. The van der Waals surface area contributed by atoms with E-state index in [0.717, 1.165) is 13.0 Å². The number of aliphatic hydroxyl groups is 3. The SMILES string of the molecule is Cc1c(C(=O)O)c(O)cc2c1C(=O)c1c(O)c(C3OC(CO)OC(O)C3O)c(O)c(O)c1C2=O. The van der Waals surface area contributed by atoms with Crippen LogP contribution in [-0.2, 0) is 9.47 Å². The van der Waals surface area contributed by atoms with Crippen molar-refractivity contribution in [3.05, 3.63) is 45.0 Å². The highest BCUT2D eigenvalue weighted by atomic mass is 16.8. The molecule has 0 radical (unpaired) electrons. The first-order valence-corrected chi connectivity index (χ1v) is 9.70. The van der Waals surface area contributed by atoms with Crippen molar-refractivity contribution in [3.8, 4) is 23.0 Å². The van der Waals surface area contributed by atoms with E-state index in [4.69, 9.17) is 9.47 Å². The molecule has 0 saturated carbocycles. The van der Waals surface area contributed by atoms with Gasteiger partial charge in [0.2, 0.25) is 0 Å². The number of phenols is 4. The molecule has 1 fully saturated rings. The Balaban J connectivity index is 2.00. The van der Waals surface area contributed by atoms with Gasteiger partial charge in [-0.2, -0.15) is 0 Å². The number of rotatable bonds is 3. The fourth-order valence-electron chi connectivity index (χ4n) is 4.23. The molecule has 2 aliphatic rings. The highest BCUT2D eigenvalue weighted by Gasteiger charge is 2.46. The van der Waals surface area contributed by atoms with Crippen LogP contribution in [0, 0.1) is 6.92 Å². The van der Waals surface area contributed by atoms with Gasteiger partial charge in [0.1, 0.15) is 29.3 Å². The summed E-state index contributed by atoms with van der Waals surface area (Å²) in [5, 5.41) is 80.9. The third-order valence-corrected chi connectivity index (χ3v) is 5.78. The molecule has 1 saturated heterocycles. The number of aliphatic hydroxyl groups excluding tert-OH is 3. The Kier molecular flexibility index (Phi) is 5.46. The number of fused-ring (bicyclic) bond motifs is 2. The minimum Gasteiger partial charge on any atom is -0.507 e. The van der Waals surface area contributed by atoms with E-state index in [1.165, 1.54) is 0 Å². The molecule has 180 valence electrons. The van der Waals surface area contributed by atoms with E-state index in [2.05, 4.69) is 0 Å². The summed E-state index contributed by atoms with van der Waals surface area (Å²) in [6.07, 6.45) is -7.30. The molecule has 13 nitrogen and oxygen atoms in total. The zero-order chi connectivity index (χ0) is 25.2. The average molecular weight is 478 g/mol. The Bertz CT molecular complexity index is 1260. The number of aromatic carboxylic acids is 1. The van der Waals surface area contributed by atoms with E-state index >= 15 is 0 Å². The number of carbonyl (C=O) groups is 3. The zero-order valence-electron chi connectivity index (χ0n) is 17.2. The minimum absolute atomic E-state index is 0.293. The standard InChI is InChI=1S/C21H18O13/c1-4-8-5(2-6(23)9(4)20(30)31)13(24)10-11(14(8)25)15(26)12(17(28)16(10)27)19-18(29)21(32)34-7(3-22)33-19/h2,7,18-19,21-23,26-29,32H,3H2,1H3,(H,30,31). The van der Waals surface area contributed by atoms with Crippen molar-refractivity contribution in [1.29, 1.82) is 0 Å². The first-order chi connectivity index (χ1) is 15.9. The average Bonchev–Trinajstić information content (AvgIpc) is 2.76. The van der Waals surface area contributed by atoms with E-state index in [1.54, 1.807) is 0 Å². The summed E-state index contributed by atoms with van der Waals surface area (Å²) in [7, 11) is 0. The van der Waals surface area contributed by atoms with Gasteiger partial charge in [0.15, 0.2) is 35.6 Å². The second-order valence-corrected chi connectivity index (χ2v) is 7.68. The van der Waals surface area contributed by atoms with Crippen molar-refractivity contribution < 1.29 is 64.7 Å². The van der Waals surface area contributed by atoms with E-state index < -0.39 is 105 Å². The normalized spacial score (nSPS) is 24.0. The lowest BCUT2D eigenvalue weighted by Gasteiger charge is -2.37. The van der Waals surface area contributed by atoms with Crippen LogP contribution in [0.2, 0.25) is 0 Å². The molecule has 13 heteroatoms.